The zero-order valence-electron chi connectivity index (χ0n) is 13.8. The minimum Gasteiger partial charge on any atom is -0.487 e. The van der Waals surface area contributed by atoms with Crippen LogP contribution in [0.25, 0.3) is 11.8 Å². The first-order valence-corrected chi connectivity index (χ1v) is 8.28. The molecule has 3 nitrogen and oxygen atoms in total. The number of halogens is 1. The van der Waals surface area contributed by atoms with Crippen LogP contribution < -0.4 is 0 Å². The lowest BCUT2D eigenvalue weighted by Gasteiger charge is -2.15. The summed E-state index contributed by atoms with van der Waals surface area (Å²) in [5.74, 6) is 2.06. The molecule has 0 saturated heterocycles. The van der Waals surface area contributed by atoms with E-state index in [2.05, 4.69) is 28.4 Å². The van der Waals surface area contributed by atoms with Gasteiger partial charge in [-0.3, -0.25) is 0 Å². The molecule has 0 spiro atoms. The molecule has 126 valence electrons. The van der Waals surface area contributed by atoms with Crippen molar-refractivity contribution in [2.75, 3.05) is 7.11 Å². The van der Waals surface area contributed by atoms with Crippen LogP contribution in [0.2, 0.25) is 0 Å². The molecule has 4 heteroatoms. The fraction of sp³-hybridized carbons (Fsp3) is 0.0952. The third-order valence-electron chi connectivity index (χ3n) is 3.47. The van der Waals surface area contributed by atoms with Gasteiger partial charge in [0.05, 0.1) is 7.11 Å². The molecule has 0 bridgehead atoms. The van der Waals surface area contributed by atoms with Crippen molar-refractivity contribution >= 4 is 33.7 Å². The van der Waals surface area contributed by atoms with Gasteiger partial charge in [-0.2, -0.15) is 0 Å². The number of rotatable bonds is 6. The van der Waals surface area contributed by atoms with E-state index in [9.17, 15) is 4.79 Å². The summed E-state index contributed by atoms with van der Waals surface area (Å²) >= 11 is 3.42. The van der Waals surface area contributed by atoms with Crippen LogP contribution in [0.5, 0.6) is 0 Å². The second-order valence-corrected chi connectivity index (χ2v) is 5.97. The lowest BCUT2D eigenvalue weighted by atomic mass is 10.0. The van der Waals surface area contributed by atoms with Crippen LogP contribution in [0.15, 0.2) is 65.2 Å². The first-order valence-electron chi connectivity index (χ1n) is 7.49. The zero-order chi connectivity index (χ0) is 18.2. The standard InChI is InChI=1S/C21H17BrO3/c1-4-16-13-17(22)11-12-19(16)20(18(5-2)21(23)24-3)25-14-15-9-7-6-8-10-15/h2,4,6-13H,1,14H2,3H3/b20-18-. The van der Waals surface area contributed by atoms with E-state index in [0.717, 1.165) is 15.6 Å². The number of carbonyl (C=O) groups is 1. The molecule has 0 aliphatic heterocycles. The van der Waals surface area contributed by atoms with E-state index < -0.39 is 5.97 Å². The first kappa shape index (κ1) is 18.6. The predicted octanol–water partition coefficient (Wildman–Crippen LogP) is 4.83. The molecule has 2 aromatic rings. The van der Waals surface area contributed by atoms with Crippen molar-refractivity contribution in [1.82, 2.24) is 0 Å². The highest BCUT2D eigenvalue weighted by molar-refractivity contribution is 9.10. The minimum absolute atomic E-state index is 0.0313. The Balaban J connectivity index is 2.53. The molecule has 0 atom stereocenters. The van der Waals surface area contributed by atoms with Crippen LogP contribution in [0.1, 0.15) is 16.7 Å². The third kappa shape index (κ3) is 4.62. The fourth-order valence-corrected chi connectivity index (χ4v) is 2.62. The summed E-state index contributed by atoms with van der Waals surface area (Å²) in [7, 11) is 1.28. The van der Waals surface area contributed by atoms with Crippen molar-refractivity contribution in [3.05, 3.63) is 81.8 Å². The summed E-state index contributed by atoms with van der Waals surface area (Å²) < 4.78 is 11.6. The molecule has 0 radical (unpaired) electrons. The number of methoxy groups -OCH3 is 1. The van der Waals surface area contributed by atoms with E-state index in [1.54, 1.807) is 6.08 Å². The van der Waals surface area contributed by atoms with Gasteiger partial charge in [0.1, 0.15) is 6.61 Å². The largest absolute Gasteiger partial charge is 0.487 e. The number of terminal acetylenes is 1. The Morgan fingerprint density at radius 2 is 2.00 bits per heavy atom. The summed E-state index contributed by atoms with van der Waals surface area (Å²) in [5, 5.41) is 0. The van der Waals surface area contributed by atoms with Crippen LogP contribution in [0.3, 0.4) is 0 Å². The van der Waals surface area contributed by atoms with E-state index in [4.69, 9.17) is 15.9 Å². The lowest BCUT2D eigenvalue weighted by molar-refractivity contribution is -0.135. The van der Waals surface area contributed by atoms with E-state index in [1.807, 2.05) is 48.5 Å². The van der Waals surface area contributed by atoms with Gasteiger partial charge in [0, 0.05) is 10.0 Å². The van der Waals surface area contributed by atoms with Gasteiger partial charge in [0.2, 0.25) is 0 Å². The number of carbonyl (C=O) groups excluding carboxylic acids is 1. The van der Waals surface area contributed by atoms with Crippen LogP contribution in [-0.4, -0.2) is 13.1 Å². The Kier molecular flexibility index (Phi) is 6.62. The molecule has 2 rings (SSSR count). The summed E-state index contributed by atoms with van der Waals surface area (Å²) in [6.45, 7) is 4.09. The first-order chi connectivity index (χ1) is 12.1. The molecule has 0 amide bonds. The average Bonchev–Trinajstić information content (AvgIpc) is 2.65. The van der Waals surface area contributed by atoms with Gasteiger partial charge < -0.3 is 9.47 Å². The lowest BCUT2D eigenvalue weighted by Crippen LogP contribution is -2.09. The number of benzene rings is 2. The van der Waals surface area contributed by atoms with Crippen molar-refractivity contribution in [3.8, 4) is 12.3 Å². The molecule has 0 aliphatic carbocycles. The number of hydrogen-bond donors (Lipinski definition) is 0. The maximum Gasteiger partial charge on any atom is 0.350 e. The van der Waals surface area contributed by atoms with Gasteiger partial charge >= 0.3 is 5.97 Å². The van der Waals surface area contributed by atoms with Gasteiger partial charge in [-0.05, 0) is 29.3 Å². The Bertz CT molecular complexity index is 845. The number of esters is 1. The third-order valence-corrected chi connectivity index (χ3v) is 3.96. The molecule has 2 aromatic carbocycles. The molecular formula is C21H17BrO3. The fourth-order valence-electron chi connectivity index (χ4n) is 2.24. The highest BCUT2D eigenvalue weighted by atomic mass is 79.9. The summed E-state index contributed by atoms with van der Waals surface area (Å²) in [4.78, 5) is 12.1. The Hall–Kier alpha value is -2.77. The predicted molar refractivity (Wildman–Crippen MR) is 103 cm³/mol. The topological polar surface area (TPSA) is 35.5 Å². The average molecular weight is 397 g/mol. The Morgan fingerprint density at radius 3 is 2.60 bits per heavy atom. The van der Waals surface area contributed by atoms with Gasteiger partial charge in [-0.25, -0.2) is 4.79 Å². The highest BCUT2D eigenvalue weighted by Crippen LogP contribution is 2.28. The van der Waals surface area contributed by atoms with E-state index in [1.165, 1.54) is 7.11 Å². The van der Waals surface area contributed by atoms with Crippen molar-refractivity contribution in [2.45, 2.75) is 6.61 Å². The summed E-state index contributed by atoms with van der Waals surface area (Å²) in [5.41, 5.74) is 2.45. The van der Waals surface area contributed by atoms with E-state index >= 15 is 0 Å². The van der Waals surface area contributed by atoms with Gasteiger partial charge in [-0.1, -0.05) is 64.8 Å². The monoisotopic (exact) mass is 396 g/mol. The second kappa shape index (κ2) is 8.91. The molecule has 0 heterocycles. The van der Waals surface area contributed by atoms with Crippen LogP contribution in [0.4, 0.5) is 0 Å². The van der Waals surface area contributed by atoms with Crippen LogP contribution in [-0.2, 0) is 20.9 Å². The normalized spacial score (nSPS) is 11.1. The molecule has 0 aliphatic rings. The smallest absolute Gasteiger partial charge is 0.350 e. The van der Waals surface area contributed by atoms with Crippen molar-refractivity contribution in [1.29, 1.82) is 0 Å². The maximum atomic E-state index is 12.1. The van der Waals surface area contributed by atoms with Gasteiger partial charge in [0.25, 0.3) is 0 Å². The molecule has 0 saturated carbocycles. The van der Waals surface area contributed by atoms with Crippen LogP contribution in [0, 0.1) is 12.3 Å². The highest BCUT2D eigenvalue weighted by Gasteiger charge is 2.19. The molecule has 0 N–H and O–H groups in total. The van der Waals surface area contributed by atoms with Gasteiger partial charge in [-0.15, -0.1) is 6.42 Å². The summed E-state index contributed by atoms with van der Waals surface area (Å²) in [6, 6.07) is 15.2. The second-order valence-electron chi connectivity index (χ2n) is 5.05. The van der Waals surface area contributed by atoms with Gasteiger partial charge in [0.15, 0.2) is 11.3 Å². The van der Waals surface area contributed by atoms with Crippen molar-refractivity contribution in [3.63, 3.8) is 0 Å². The maximum absolute atomic E-state index is 12.1. The number of ether oxygens (including phenoxy) is 2. The minimum atomic E-state index is -0.622. The van der Waals surface area contributed by atoms with Crippen molar-refractivity contribution < 1.29 is 14.3 Å². The zero-order valence-corrected chi connectivity index (χ0v) is 15.4. The SMILES string of the molecule is C#C/C(C(=O)OC)=C(/OCc1ccccc1)c1ccc(Br)cc1C=C. The molecule has 25 heavy (non-hydrogen) atoms. The molecule has 0 fully saturated rings. The molecule has 0 aromatic heterocycles. The van der Waals surface area contributed by atoms with Crippen molar-refractivity contribution in [2.24, 2.45) is 0 Å². The van der Waals surface area contributed by atoms with E-state index in [0.29, 0.717) is 11.3 Å². The quantitative estimate of drug-likeness (QED) is 0.303. The Labute approximate surface area is 156 Å². The molecular weight excluding hydrogens is 380 g/mol. The number of hydrogen-bond acceptors (Lipinski definition) is 3. The Morgan fingerprint density at radius 1 is 1.28 bits per heavy atom. The molecule has 0 unspecified atom stereocenters. The van der Waals surface area contributed by atoms with Crippen LogP contribution >= 0.6 is 15.9 Å². The summed E-state index contributed by atoms with van der Waals surface area (Å²) in [6.07, 6.45) is 7.23. The van der Waals surface area contributed by atoms with E-state index in [-0.39, 0.29) is 12.2 Å².